The Labute approximate surface area is 131 Å². The maximum absolute atomic E-state index is 13.6. The fourth-order valence-corrected chi connectivity index (χ4v) is 2.93. The SMILES string of the molecule is N#Cc1c(F)nn2cc(-c3cnn(C4CCOCC4)c3)ccc12. The molecule has 0 bridgehead atoms. The molecule has 0 aromatic carbocycles. The quantitative estimate of drug-likeness (QED) is 0.729. The third-order valence-electron chi connectivity index (χ3n) is 4.20. The van der Waals surface area contributed by atoms with Crippen LogP contribution in [0.4, 0.5) is 4.39 Å². The molecule has 0 saturated carbocycles. The Hall–Kier alpha value is -2.72. The number of pyridine rings is 1. The van der Waals surface area contributed by atoms with Gasteiger partial charge >= 0.3 is 0 Å². The highest BCUT2D eigenvalue weighted by Crippen LogP contribution is 2.25. The smallest absolute Gasteiger partial charge is 0.251 e. The molecule has 116 valence electrons. The second-order valence-corrected chi connectivity index (χ2v) is 5.58. The van der Waals surface area contributed by atoms with Crippen molar-refractivity contribution in [1.29, 1.82) is 5.26 Å². The third-order valence-corrected chi connectivity index (χ3v) is 4.20. The number of hydrogen-bond acceptors (Lipinski definition) is 4. The zero-order chi connectivity index (χ0) is 15.8. The van der Waals surface area contributed by atoms with E-state index >= 15 is 0 Å². The van der Waals surface area contributed by atoms with E-state index in [1.165, 1.54) is 4.52 Å². The van der Waals surface area contributed by atoms with Crippen molar-refractivity contribution in [3.8, 4) is 17.2 Å². The number of halogens is 1. The molecular weight excluding hydrogens is 297 g/mol. The van der Waals surface area contributed by atoms with Crippen LogP contribution in [0.2, 0.25) is 0 Å². The number of nitriles is 1. The molecule has 4 rings (SSSR count). The normalized spacial score (nSPS) is 15.8. The highest BCUT2D eigenvalue weighted by atomic mass is 19.1. The van der Waals surface area contributed by atoms with Crippen LogP contribution in [0.5, 0.6) is 0 Å². The molecule has 23 heavy (non-hydrogen) atoms. The number of rotatable bonds is 2. The Balaban J connectivity index is 1.69. The van der Waals surface area contributed by atoms with Gasteiger partial charge in [-0.3, -0.25) is 4.68 Å². The van der Waals surface area contributed by atoms with Crippen LogP contribution in [-0.4, -0.2) is 32.6 Å². The van der Waals surface area contributed by atoms with E-state index in [4.69, 9.17) is 10.00 Å². The number of hydrogen-bond donors (Lipinski definition) is 0. The summed E-state index contributed by atoms with van der Waals surface area (Å²) in [5.74, 6) is -0.748. The zero-order valence-electron chi connectivity index (χ0n) is 12.3. The van der Waals surface area contributed by atoms with Crippen molar-refractivity contribution in [1.82, 2.24) is 19.4 Å². The van der Waals surface area contributed by atoms with Crippen molar-refractivity contribution in [2.75, 3.05) is 13.2 Å². The van der Waals surface area contributed by atoms with E-state index in [9.17, 15) is 4.39 Å². The van der Waals surface area contributed by atoms with Gasteiger partial charge in [-0.05, 0) is 18.9 Å². The van der Waals surface area contributed by atoms with Gasteiger partial charge in [-0.15, -0.1) is 5.10 Å². The lowest BCUT2D eigenvalue weighted by Gasteiger charge is -2.22. The van der Waals surface area contributed by atoms with Gasteiger partial charge in [0.1, 0.15) is 11.6 Å². The van der Waals surface area contributed by atoms with Gasteiger partial charge < -0.3 is 4.74 Å². The van der Waals surface area contributed by atoms with E-state index < -0.39 is 5.95 Å². The minimum absolute atomic E-state index is 0.0329. The van der Waals surface area contributed by atoms with Gasteiger partial charge in [0.25, 0.3) is 5.95 Å². The predicted molar refractivity (Wildman–Crippen MR) is 80.2 cm³/mol. The Kier molecular flexibility index (Phi) is 3.32. The summed E-state index contributed by atoms with van der Waals surface area (Å²) in [6.45, 7) is 1.52. The van der Waals surface area contributed by atoms with Crippen LogP contribution in [0.25, 0.3) is 16.6 Å². The van der Waals surface area contributed by atoms with Crippen LogP contribution in [0.3, 0.4) is 0 Å². The summed E-state index contributed by atoms with van der Waals surface area (Å²) in [6.07, 6.45) is 7.40. The van der Waals surface area contributed by atoms with Crippen LogP contribution >= 0.6 is 0 Å². The van der Waals surface area contributed by atoms with Gasteiger partial charge in [0.05, 0.1) is 17.8 Å². The van der Waals surface area contributed by atoms with Crippen LogP contribution in [0.15, 0.2) is 30.7 Å². The molecule has 1 aliphatic rings. The van der Waals surface area contributed by atoms with Gasteiger partial charge in [0.2, 0.25) is 0 Å². The molecule has 0 atom stereocenters. The molecule has 6 nitrogen and oxygen atoms in total. The lowest BCUT2D eigenvalue weighted by Crippen LogP contribution is -2.19. The number of ether oxygens (including phenoxy) is 1. The van der Waals surface area contributed by atoms with Gasteiger partial charge in [-0.1, -0.05) is 6.07 Å². The molecule has 0 N–H and O–H groups in total. The molecule has 4 heterocycles. The number of fused-ring (bicyclic) bond motifs is 1. The summed E-state index contributed by atoms with van der Waals surface area (Å²) in [4.78, 5) is 0. The Morgan fingerprint density at radius 1 is 1.22 bits per heavy atom. The monoisotopic (exact) mass is 311 g/mol. The van der Waals surface area contributed by atoms with Crippen molar-refractivity contribution in [2.45, 2.75) is 18.9 Å². The molecule has 0 amide bonds. The summed E-state index contributed by atoms with van der Waals surface area (Å²) in [5, 5.41) is 17.2. The summed E-state index contributed by atoms with van der Waals surface area (Å²) in [6, 6.07) is 5.75. The average molecular weight is 311 g/mol. The molecule has 1 fully saturated rings. The van der Waals surface area contributed by atoms with Gasteiger partial charge in [-0.25, -0.2) is 4.52 Å². The van der Waals surface area contributed by atoms with Crippen LogP contribution in [0, 0.1) is 17.3 Å². The highest BCUT2D eigenvalue weighted by Gasteiger charge is 2.17. The lowest BCUT2D eigenvalue weighted by atomic mass is 10.1. The zero-order valence-corrected chi connectivity index (χ0v) is 12.3. The van der Waals surface area contributed by atoms with Crippen molar-refractivity contribution in [2.24, 2.45) is 0 Å². The summed E-state index contributed by atoms with van der Waals surface area (Å²) in [7, 11) is 0. The number of aromatic nitrogens is 4. The van der Waals surface area contributed by atoms with E-state index in [0.29, 0.717) is 11.6 Å². The van der Waals surface area contributed by atoms with E-state index in [-0.39, 0.29) is 5.56 Å². The van der Waals surface area contributed by atoms with Gasteiger partial charge in [0.15, 0.2) is 0 Å². The van der Waals surface area contributed by atoms with Gasteiger partial charge in [-0.2, -0.15) is 14.8 Å². The van der Waals surface area contributed by atoms with E-state index in [2.05, 4.69) is 10.2 Å². The van der Waals surface area contributed by atoms with Gasteiger partial charge in [0, 0.05) is 36.7 Å². The first-order valence-electron chi connectivity index (χ1n) is 7.46. The van der Waals surface area contributed by atoms with Crippen LogP contribution in [-0.2, 0) is 4.74 Å². The topological polar surface area (TPSA) is 68.1 Å². The molecule has 3 aromatic heterocycles. The van der Waals surface area contributed by atoms with Crippen molar-refractivity contribution in [3.63, 3.8) is 0 Å². The maximum Gasteiger partial charge on any atom is 0.251 e. The molecule has 0 radical (unpaired) electrons. The Bertz CT molecular complexity index is 901. The molecule has 7 heteroatoms. The van der Waals surface area contributed by atoms with Crippen LogP contribution < -0.4 is 0 Å². The minimum atomic E-state index is -0.748. The van der Waals surface area contributed by atoms with E-state index in [0.717, 1.165) is 37.2 Å². The Morgan fingerprint density at radius 2 is 2.04 bits per heavy atom. The molecule has 0 aliphatic carbocycles. The van der Waals surface area contributed by atoms with E-state index in [1.807, 2.05) is 23.0 Å². The first-order valence-corrected chi connectivity index (χ1v) is 7.46. The predicted octanol–water partition coefficient (Wildman–Crippen LogP) is 2.56. The summed E-state index contributed by atoms with van der Waals surface area (Å²) < 4.78 is 22.3. The van der Waals surface area contributed by atoms with Crippen LogP contribution in [0.1, 0.15) is 24.4 Å². The fraction of sp³-hybridized carbons (Fsp3) is 0.312. The molecule has 3 aromatic rings. The molecular formula is C16H14FN5O. The minimum Gasteiger partial charge on any atom is -0.381 e. The van der Waals surface area contributed by atoms with Crippen molar-refractivity contribution < 1.29 is 9.13 Å². The van der Waals surface area contributed by atoms with Crippen molar-refractivity contribution in [3.05, 3.63) is 42.2 Å². The maximum atomic E-state index is 13.6. The van der Waals surface area contributed by atoms with Crippen molar-refractivity contribution >= 4 is 5.52 Å². The second-order valence-electron chi connectivity index (χ2n) is 5.58. The highest BCUT2D eigenvalue weighted by molar-refractivity contribution is 5.67. The largest absolute Gasteiger partial charge is 0.381 e. The standard InChI is InChI=1S/C16H14FN5O/c17-16-14(7-18)15-2-1-11(9-22(15)20-16)12-8-19-21(10-12)13-3-5-23-6-4-13/h1-2,8-10,13H,3-6H2. The molecule has 1 saturated heterocycles. The summed E-state index contributed by atoms with van der Waals surface area (Å²) in [5.41, 5.74) is 2.25. The molecule has 0 unspecified atom stereocenters. The first-order chi connectivity index (χ1) is 11.3. The average Bonchev–Trinajstić information content (AvgIpc) is 3.18. The number of nitrogens with zero attached hydrogens (tertiary/aromatic N) is 5. The first kappa shape index (κ1) is 13.9. The summed E-state index contributed by atoms with van der Waals surface area (Å²) >= 11 is 0. The fourth-order valence-electron chi connectivity index (χ4n) is 2.93. The molecule has 0 spiro atoms. The lowest BCUT2D eigenvalue weighted by molar-refractivity contribution is 0.0662. The van der Waals surface area contributed by atoms with E-state index in [1.54, 1.807) is 18.5 Å². The Morgan fingerprint density at radius 3 is 2.83 bits per heavy atom. The second kappa shape index (κ2) is 5.48. The third kappa shape index (κ3) is 2.37. The molecule has 1 aliphatic heterocycles.